The van der Waals surface area contributed by atoms with Crippen LogP contribution in [-0.4, -0.2) is 17.5 Å². The summed E-state index contributed by atoms with van der Waals surface area (Å²) in [7, 11) is 0. The van der Waals surface area contributed by atoms with Crippen molar-refractivity contribution in [1.29, 1.82) is 0 Å². The van der Waals surface area contributed by atoms with E-state index in [1.165, 1.54) is 0 Å². The van der Waals surface area contributed by atoms with Gasteiger partial charge in [-0.3, -0.25) is 10.1 Å². The van der Waals surface area contributed by atoms with E-state index in [0.717, 1.165) is 0 Å². The summed E-state index contributed by atoms with van der Waals surface area (Å²) in [5, 5.41) is 9.84. The third kappa shape index (κ3) is 2.52. The Morgan fingerprint density at radius 2 is 2.38 bits per heavy atom. The molecule has 0 aromatic heterocycles. The first-order chi connectivity index (χ1) is 3.68. The Bertz CT molecular complexity index is 84.1. The van der Waals surface area contributed by atoms with Crippen LogP contribution in [0.15, 0.2) is 0 Å². The average Bonchev–Trinajstić information content (AvgIpc) is 1.67. The molecule has 0 heterocycles. The number of nitrogens with zero attached hydrogens (tertiary/aromatic N) is 1. The second-order valence-electron chi connectivity index (χ2n) is 1.71. The lowest BCUT2D eigenvalue weighted by Crippen LogP contribution is -2.18. The second kappa shape index (κ2) is 3.37. The minimum atomic E-state index is -0.486. The molecule has 0 aromatic rings. The van der Waals surface area contributed by atoms with E-state index in [2.05, 4.69) is 0 Å². The van der Waals surface area contributed by atoms with E-state index < -0.39 is 6.04 Å². The predicted octanol–water partition coefficient (Wildman–Crippen LogP) is 0.000400. The fourth-order valence-electron chi connectivity index (χ4n) is 0.347. The molecule has 2 N–H and O–H groups in total. The highest BCUT2D eigenvalue weighted by molar-refractivity contribution is 4.46. The topological polar surface area (TPSA) is 69.2 Å². The van der Waals surface area contributed by atoms with Crippen LogP contribution in [0.2, 0.25) is 0 Å². The second-order valence-corrected chi connectivity index (χ2v) is 1.71. The smallest absolute Gasteiger partial charge is 0.211 e. The van der Waals surface area contributed by atoms with Crippen molar-refractivity contribution in [2.45, 2.75) is 19.4 Å². The normalized spacial score (nSPS) is 13.2. The van der Waals surface area contributed by atoms with Gasteiger partial charge in [0.1, 0.15) is 0 Å². The van der Waals surface area contributed by atoms with Gasteiger partial charge in [0, 0.05) is 18.3 Å². The molecule has 0 fully saturated rings. The van der Waals surface area contributed by atoms with Crippen LogP contribution in [0.1, 0.15) is 13.3 Å². The Balaban J connectivity index is 3.32. The Morgan fingerprint density at radius 1 is 1.88 bits per heavy atom. The van der Waals surface area contributed by atoms with Gasteiger partial charge in [0.05, 0.1) is 0 Å². The molecule has 0 bridgehead atoms. The number of rotatable bonds is 3. The van der Waals surface area contributed by atoms with Crippen molar-refractivity contribution in [2.24, 2.45) is 5.73 Å². The summed E-state index contributed by atoms with van der Waals surface area (Å²) < 4.78 is 0. The van der Waals surface area contributed by atoms with Gasteiger partial charge in [0.2, 0.25) is 6.04 Å². The maximum absolute atomic E-state index is 9.84. The maximum Gasteiger partial charge on any atom is 0.211 e. The Kier molecular flexibility index (Phi) is 3.10. The quantitative estimate of drug-likeness (QED) is 0.419. The van der Waals surface area contributed by atoms with Crippen molar-refractivity contribution in [1.82, 2.24) is 0 Å². The van der Waals surface area contributed by atoms with E-state index in [4.69, 9.17) is 5.73 Å². The summed E-state index contributed by atoms with van der Waals surface area (Å²) in [6, 6.07) is -0.486. The zero-order valence-electron chi connectivity index (χ0n) is 4.83. The molecule has 0 aliphatic rings. The SMILES string of the molecule is CC(CCN)[N+](=O)[O-]. The van der Waals surface area contributed by atoms with Crippen LogP contribution in [0.25, 0.3) is 0 Å². The molecule has 0 amide bonds. The van der Waals surface area contributed by atoms with Gasteiger partial charge >= 0.3 is 0 Å². The number of hydrogen-bond acceptors (Lipinski definition) is 3. The van der Waals surface area contributed by atoms with Crippen LogP contribution < -0.4 is 5.73 Å². The lowest BCUT2D eigenvalue weighted by atomic mass is 10.2. The molecule has 0 radical (unpaired) electrons. The highest BCUT2D eigenvalue weighted by atomic mass is 16.6. The van der Waals surface area contributed by atoms with Crippen molar-refractivity contribution < 1.29 is 4.92 Å². The highest BCUT2D eigenvalue weighted by Crippen LogP contribution is 1.90. The molecule has 8 heavy (non-hydrogen) atoms. The molecule has 0 saturated heterocycles. The predicted molar refractivity (Wildman–Crippen MR) is 30.1 cm³/mol. The lowest BCUT2D eigenvalue weighted by Gasteiger charge is -1.97. The highest BCUT2D eigenvalue weighted by Gasteiger charge is 2.09. The lowest BCUT2D eigenvalue weighted by molar-refractivity contribution is -0.518. The minimum absolute atomic E-state index is 0.327. The first-order valence-electron chi connectivity index (χ1n) is 2.52. The molecule has 4 nitrogen and oxygen atoms in total. The van der Waals surface area contributed by atoms with Gasteiger partial charge in [-0.05, 0) is 6.54 Å². The molecule has 1 atom stereocenters. The Morgan fingerprint density at radius 3 is 2.50 bits per heavy atom. The first kappa shape index (κ1) is 7.36. The molecular formula is C4H10N2O2. The number of nitro groups is 1. The van der Waals surface area contributed by atoms with E-state index >= 15 is 0 Å². The molecule has 0 aliphatic heterocycles. The summed E-state index contributed by atoms with van der Waals surface area (Å²) in [6.07, 6.45) is 0.465. The fourth-order valence-corrected chi connectivity index (χ4v) is 0.347. The molecule has 1 unspecified atom stereocenters. The zero-order chi connectivity index (χ0) is 6.57. The van der Waals surface area contributed by atoms with Crippen molar-refractivity contribution in [2.75, 3.05) is 6.54 Å². The van der Waals surface area contributed by atoms with Crippen molar-refractivity contribution in [3.8, 4) is 0 Å². The van der Waals surface area contributed by atoms with Crippen LogP contribution in [0.5, 0.6) is 0 Å². The maximum atomic E-state index is 9.84. The van der Waals surface area contributed by atoms with E-state index in [1.54, 1.807) is 6.92 Å². The first-order valence-corrected chi connectivity index (χ1v) is 2.52. The fraction of sp³-hybridized carbons (Fsp3) is 1.00. The molecule has 48 valence electrons. The Labute approximate surface area is 47.8 Å². The Hall–Kier alpha value is -0.640. The number of nitrogens with two attached hydrogens (primary N) is 1. The molecule has 0 aliphatic carbocycles. The van der Waals surface area contributed by atoms with Crippen LogP contribution in [0.3, 0.4) is 0 Å². The van der Waals surface area contributed by atoms with Crippen LogP contribution in [0.4, 0.5) is 0 Å². The summed E-state index contributed by atoms with van der Waals surface area (Å²) >= 11 is 0. The van der Waals surface area contributed by atoms with Gasteiger partial charge in [-0.1, -0.05) is 0 Å². The van der Waals surface area contributed by atoms with Gasteiger partial charge < -0.3 is 5.73 Å². The summed E-state index contributed by atoms with van der Waals surface area (Å²) in [6.45, 7) is 1.94. The standard InChI is InChI=1S/C4H10N2O2/c1-4(2-3-5)6(7)8/h4H,2-3,5H2,1H3. The molecule has 0 saturated carbocycles. The summed E-state index contributed by atoms with van der Waals surface area (Å²) in [4.78, 5) is 9.51. The van der Waals surface area contributed by atoms with Crippen molar-refractivity contribution >= 4 is 0 Å². The van der Waals surface area contributed by atoms with Gasteiger partial charge in [-0.25, -0.2) is 0 Å². The third-order valence-corrected chi connectivity index (χ3v) is 0.944. The zero-order valence-corrected chi connectivity index (χ0v) is 4.83. The molecule has 0 aromatic carbocycles. The van der Waals surface area contributed by atoms with Crippen LogP contribution in [0, 0.1) is 10.1 Å². The van der Waals surface area contributed by atoms with E-state index in [-0.39, 0.29) is 4.92 Å². The van der Waals surface area contributed by atoms with Gasteiger partial charge in [-0.2, -0.15) is 0 Å². The van der Waals surface area contributed by atoms with E-state index in [9.17, 15) is 10.1 Å². The minimum Gasteiger partial charge on any atom is -0.330 e. The molecule has 0 spiro atoms. The van der Waals surface area contributed by atoms with Crippen molar-refractivity contribution in [3.05, 3.63) is 10.1 Å². The summed E-state index contributed by atoms with van der Waals surface area (Å²) in [5.74, 6) is 0. The van der Waals surface area contributed by atoms with Gasteiger partial charge in [-0.15, -0.1) is 0 Å². The third-order valence-electron chi connectivity index (χ3n) is 0.944. The van der Waals surface area contributed by atoms with Crippen molar-refractivity contribution in [3.63, 3.8) is 0 Å². The van der Waals surface area contributed by atoms with E-state index in [0.29, 0.717) is 13.0 Å². The molecule has 4 heteroatoms. The average molecular weight is 118 g/mol. The number of hydrogen-bond donors (Lipinski definition) is 1. The molecular weight excluding hydrogens is 108 g/mol. The summed E-state index contributed by atoms with van der Waals surface area (Å²) in [5.41, 5.74) is 5.06. The largest absolute Gasteiger partial charge is 0.330 e. The van der Waals surface area contributed by atoms with Crippen LogP contribution >= 0.6 is 0 Å². The van der Waals surface area contributed by atoms with Gasteiger partial charge in [0.25, 0.3) is 0 Å². The van der Waals surface area contributed by atoms with Gasteiger partial charge in [0.15, 0.2) is 0 Å². The molecule has 0 rings (SSSR count). The van der Waals surface area contributed by atoms with E-state index in [1.807, 2.05) is 0 Å². The van der Waals surface area contributed by atoms with Crippen LogP contribution in [-0.2, 0) is 0 Å². The monoisotopic (exact) mass is 118 g/mol.